The largest absolute Gasteiger partial charge is 0.468 e. The minimum absolute atomic E-state index is 0.321. The van der Waals surface area contributed by atoms with Crippen molar-refractivity contribution in [1.29, 1.82) is 0 Å². The van der Waals surface area contributed by atoms with Gasteiger partial charge in [0.2, 0.25) is 0 Å². The number of rotatable bonds is 9. The topological polar surface area (TPSA) is 44.8 Å². The lowest BCUT2D eigenvalue weighted by atomic mass is 9.71. The Kier molecular flexibility index (Phi) is 7.37. The van der Waals surface area contributed by atoms with Crippen LogP contribution in [0.4, 0.5) is 0 Å². The molecule has 0 aliphatic carbocycles. The van der Waals surface area contributed by atoms with Gasteiger partial charge in [0.1, 0.15) is 5.41 Å². The first-order chi connectivity index (χ1) is 12.6. The summed E-state index contributed by atoms with van der Waals surface area (Å²) < 4.78 is 16.8. The first kappa shape index (κ1) is 20.1. The third kappa shape index (κ3) is 4.32. The average molecular weight is 356 g/mol. The number of benzene rings is 2. The summed E-state index contributed by atoms with van der Waals surface area (Å²) in [6.45, 7) is 6.86. The third-order valence-electron chi connectivity index (χ3n) is 4.49. The molecule has 0 saturated carbocycles. The first-order valence-electron chi connectivity index (χ1n) is 9.02. The molecule has 2 rings (SSSR count). The summed E-state index contributed by atoms with van der Waals surface area (Å²) in [5.74, 6) is -0.321. The molecule has 1 atom stereocenters. The Bertz CT molecular complexity index is 692. The highest BCUT2D eigenvalue weighted by Crippen LogP contribution is 2.39. The molecule has 0 amide bonds. The number of hydrogen-bond donors (Lipinski definition) is 0. The SMILES string of the molecule is CCOC(CC(C(=O)OC)(c1ccccc1)c1cccc(C)c1)OCC. The smallest absolute Gasteiger partial charge is 0.321 e. The van der Waals surface area contributed by atoms with Gasteiger partial charge in [-0.05, 0) is 31.9 Å². The van der Waals surface area contributed by atoms with Crippen molar-refractivity contribution in [1.82, 2.24) is 0 Å². The van der Waals surface area contributed by atoms with Crippen LogP contribution in [-0.2, 0) is 24.4 Å². The predicted octanol–water partition coefficient (Wildman–Crippen LogP) is 4.24. The van der Waals surface area contributed by atoms with E-state index < -0.39 is 11.7 Å². The summed E-state index contributed by atoms with van der Waals surface area (Å²) in [4.78, 5) is 13.2. The Hall–Kier alpha value is -2.17. The van der Waals surface area contributed by atoms with Crippen molar-refractivity contribution in [3.63, 3.8) is 0 Å². The molecule has 0 fully saturated rings. The van der Waals surface area contributed by atoms with Crippen LogP contribution in [0.3, 0.4) is 0 Å². The lowest BCUT2D eigenvalue weighted by molar-refractivity contribution is -0.164. The van der Waals surface area contributed by atoms with Crippen molar-refractivity contribution in [2.24, 2.45) is 0 Å². The van der Waals surface area contributed by atoms with Gasteiger partial charge in [0, 0.05) is 19.6 Å². The quantitative estimate of drug-likeness (QED) is 0.498. The van der Waals surface area contributed by atoms with Crippen LogP contribution in [0, 0.1) is 6.92 Å². The highest BCUT2D eigenvalue weighted by molar-refractivity contribution is 5.87. The molecule has 2 aromatic carbocycles. The molecular formula is C22H28O4. The minimum atomic E-state index is -1.00. The summed E-state index contributed by atoms with van der Waals surface area (Å²) in [5, 5.41) is 0. The molecule has 1 unspecified atom stereocenters. The summed E-state index contributed by atoms with van der Waals surface area (Å²) in [7, 11) is 1.42. The van der Waals surface area contributed by atoms with Crippen molar-refractivity contribution >= 4 is 5.97 Å². The molecule has 0 bridgehead atoms. The molecule has 0 radical (unpaired) electrons. The Labute approximate surface area is 156 Å². The Morgan fingerprint density at radius 2 is 1.58 bits per heavy atom. The van der Waals surface area contributed by atoms with E-state index in [0.717, 1.165) is 16.7 Å². The van der Waals surface area contributed by atoms with E-state index >= 15 is 0 Å². The minimum Gasteiger partial charge on any atom is -0.468 e. The zero-order chi connectivity index (χ0) is 19.0. The highest BCUT2D eigenvalue weighted by Gasteiger charge is 2.45. The number of carbonyl (C=O) groups excluding carboxylic acids is 1. The normalized spacial score (nSPS) is 13.4. The molecular weight excluding hydrogens is 328 g/mol. The van der Waals surface area contributed by atoms with Crippen molar-refractivity contribution in [2.45, 2.75) is 38.9 Å². The molecule has 0 aliphatic rings. The molecule has 140 valence electrons. The maximum atomic E-state index is 13.2. The second-order valence-electron chi connectivity index (χ2n) is 6.18. The van der Waals surface area contributed by atoms with Crippen molar-refractivity contribution in [3.05, 3.63) is 71.3 Å². The van der Waals surface area contributed by atoms with Crippen LogP contribution in [0.5, 0.6) is 0 Å². The van der Waals surface area contributed by atoms with Gasteiger partial charge in [-0.3, -0.25) is 4.79 Å². The monoisotopic (exact) mass is 356 g/mol. The zero-order valence-corrected chi connectivity index (χ0v) is 16.0. The molecule has 0 aromatic heterocycles. The van der Waals surface area contributed by atoms with Gasteiger partial charge in [0.25, 0.3) is 0 Å². The Morgan fingerprint density at radius 3 is 2.12 bits per heavy atom. The van der Waals surface area contributed by atoms with Crippen molar-refractivity contribution in [3.8, 4) is 0 Å². The zero-order valence-electron chi connectivity index (χ0n) is 16.0. The van der Waals surface area contributed by atoms with Crippen molar-refractivity contribution < 1.29 is 19.0 Å². The van der Waals surface area contributed by atoms with E-state index in [1.54, 1.807) is 0 Å². The first-order valence-corrected chi connectivity index (χ1v) is 9.02. The van der Waals surface area contributed by atoms with Crippen LogP contribution < -0.4 is 0 Å². The fourth-order valence-electron chi connectivity index (χ4n) is 3.32. The van der Waals surface area contributed by atoms with Gasteiger partial charge in [-0.2, -0.15) is 0 Å². The number of esters is 1. The van der Waals surface area contributed by atoms with E-state index in [1.807, 2.05) is 75.4 Å². The van der Waals surface area contributed by atoms with E-state index in [0.29, 0.717) is 19.6 Å². The van der Waals surface area contributed by atoms with E-state index in [4.69, 9.17) is 14.2 Å². The van der Waals surface area contributed by atoms with E-state index in [-0.39, 0.29) is 5.97 Å². The molecule has 4 heteroatoms. The summed E-state index contributed by atoms with van der Waals surface area (Å²) >= 11 is 0. The van der Waals surface area contributed by atoms with Gasteiger partial charge < -0.3 is 14.2 Å². The van der Waals surface area contributed by atoms with Gasteiger partial charge in [0.05, 0.1) is 7.11 Å². The molecule has 0 N–H and O–H groups in total. The fourth-order valence-corrected chi connectivity index (χ4v) is 3.32. The van der Waals surface area contributed by atoms with Crippen LogP contribution in [-0.4, -0.2) is 32.6 Å². The lowest BCUT2D eigenvalue weighted by Gasteiger charge is -2.35. The van der Waals surface area contributed by atoms with Gasteiger partial charge in [-0.25, -0.2) is 0 Å². The second-order valence-corrected chi connectivity index (χ2v) is 6.18. The van der Waals surface area contributed by atoms with Gasteiger partial charge in [0.15, 0.2) is 6.29 Å². The molecule has 0 saturated heterocycles. The highest BCUT2D eigenvalue weighted by atomic mass is 16.7. The fraction of sp³-hybridized carbons (Fsp3) is 0.409. The standard InChI is InChI=1S/C22H28O4/c1-5-25-20(26-6-2)16-22(21(23)24-4,18-12-8-7-9-13-18)19-14-10-11-17(3)15-19/h7-15,20H,5-6,16H2,1-4H3. The van der Waals surface area contributed by atoms with Crippen LogP contribution in [0.2, 0.25) is 0 Å². The van der Waals surface area contributed by atoms with Crippen LogP contribution >= 0.6 is 0 Å². The number of methoxy groups -OCH3 is 1. The molecule has 4 nitrogen and oxygen atoms in total. The van der Waals surface area contributed by atoms with Crippen LogP contribution in [0.25, 0.3) is 0 Å². The number of aryl methyl sites for hydroxylation is 1. The number of ether oxygens (including phenoxy) is 3. The molecule has 2 aromatic rings. The summed E-state index contributed by atoms with van der Waals surface area (Å²) in [5.41, 5.74) is 1.81. The second kappa shape index (κ2) is 9.51. The lowest BCUT2D eigenvalue weighted by Crippen LogP contribution is -2.42. The molecule has 0 aliphatic heterocycles. The maximum absolute atomic E-state index is 13.2. The van der Waals surface area contributed by atoms with Crippen LogP contribution in [0.1, 0.15) is 37.0 Å². The summed E-state index contributed by atoms with van der Waals surface area (Å²) in [6, 6.07) is 17.7. The van der Waals surface area contributed by atoms with Crippen LogP contribution in [0.15, 0.2) is 54.6 Å². The average Bonchev–Trinajstić information content (AvgIpc) is 2.66. The number of hydrogen-bond acceptors (Lipinski definition) is 4. The van der Waals surface area contributed by atoms with Gasteiger partial charge in [-0.1, -0.05) is 60.2 Å². The maximum Gasteiger partial charge on any atom is 0.321 e. The van der Waals surface area contributed by atoms with E-state index in [2.05, 4.69) is 0 Å². The van der Waals surface area contributed by atoms with E-state index in [1.165, 1.54) is 7.11 Å². The molecule has 26 heavy (non-hydrogen) atoms. The van der Waals surface area contributed by atoms with Gasteiger partial charge >= 0.3 is 5.97 Å². The van der Waals surface area contributed by atoms with Crippen molar-refractivity contribution in [2.75, 3.05) is 20.3 Å². The Balaban J connectivity index is 2.66. The number of carbonyl (C=O) groups is 1. The Morgan fingerprint density at radius 1 is 0.962 bits per heavy atom. The molecule has 0 spiro atoms. The van der Waals surface area contributed by atoms with E-state index in [9.17, 15) is 4.79 Å². The summed E-state index contributed by atoms with van der Waals surface area (Å²) in [6.07, 6.45) is -0.167. The molecule has 0 heterocycles. The predicted molar refractivity (Wildman–Crippen MR) is 102 cm³/mol. The van der Waals surface area contributed by atoms with Gasteiger partial charge in [-0.15, -0.1) is 0 Å². The third-order valence-corrected chi connectivity index (χ3v) is 4.49.